The highest BCUT2D eigenvalue weighted by Gasteiger charge is 2.53. The summed E-state index contributed by atoms with van der Waals surface area (Å²) in [5.74, 6) is -0.144. The van der Waals surface area contributed by atoms with Crippen LogP contribution in [0.4, 0.5) is 4.39 Å². The van der Waals surface area contributed by atoms with Crippen LogP contribution in [0.25, 0.3) is 0 Å². The molecule has 2 aromatic carbocycles. The normalized spacial score (nSPS) is 19.1. The molecule has 2 atom stereocenters. The van der Waals surface area contributed by atoms with Crippen LogP contribution in [0.5, 0.6) is 5.75 Å². The third-order valence-corrected chi connectivity index (χ3v) is 5.64. The van der Waals surface area contributed by atoms with E-state index in [0.717, 1.165) is 0 Å². The molecule has 0 unspecified atom stereocenters. The number of benzene rings is 2. The standard InChI is InChI=1S/C28H35FN2O6/c1-27(2,3)37-23(33)14-15-28(26(34)30-17-16-29)24(20-8-5-4-6-9-20)36-25(31-28)21-10-12-22(13-11-21)35-19-7-18-32/h4-6,8-13,24,32H,7,14-19H2,1-3H3,(H,30,34)/t24-,28-/m1/s1. The Morgan fingerprint density at radius 1 is 1.14 bits per heavy atom. The van der Waals surface area contributed by atoms with Crippen LogP contribution in [0, 0.1) is 0 Å². The van der Waals surface area contributed by atoms with Crippen LogP contribution in [-0.2, 0) is 19.1 Å². The van der Waals surface area contributed by atoms with Gasteiger partial charge in [0, 0.05) is 31.6 Å². The van der Waals surface area contributed by atoms with Crippen molar-refractivity contribution in [3.63, 3.8) is 0 Å². The molecule has 0 radical (unpaired) electrons. The fourth-order valence-electron chi connectivity index (χ4n) is 4.00. The van der Waals surface area contributed by atoms with Crippen LogP contribution in [0.1, 0.15) is 57.3 Å². The first-order chi connectivity index (χ1) is 17.7. The van der Waals surface area contributed by atoms with E-state index in [-0.39, 0.29) is 31.9 Å². The minimum Gasteiger partial charge on any atom is -0.494 e. The van der Waals surface area contributed by atoms with Crippen molar-refractivity contribution < 1.29 is 33.3 Å². The summed E-state index contributed by atoms with van der Waals surface area (Å²) >= 11 is 0. The number of esters is 1. The number of aliphatic hydroxyl groups is 1. The summed E-state index contributed by atoms with van der Waals surface area (Å²) in [5.41, 5.74) is -0.877. The zero-order chi connectivity index (χ0) is 26.9. The van der Waals surface area contributed by atoms with Crippen LogP contribution in [-0.4, -0.2) is 60.5 Å². The van der Waals surface area contributed by atoms with E-state index in [1.54, 1.807) is 45.0 Å². The minimum atomic E-state index is -1.51. The molecule has 0 fully saturated rings. The summed E-state index contributed by atoms with van der Waals surface area (Å²) in [6.45, 7) is 4.82. The Hall–Kier alpha value is -3.46. The number of carbonyl (C=O) groups excluding carboxylic acids is 2. The van der Waals surface area contributed by atoms with Gasteiger partial charge in [-0.3, -0.25) is 9.59 Å². The molecule has 2 aromatic rings. The molecule has 0 saturated heterocycles. The number of nitrogens with one attached hydrogen (secondary N) is 1. The molecule has 0 spiro atoms. The Morgan fingerprint density at radius 2 is 1.84 bits per heavy atom. The lowest BCUT2D eigenvalue weighted by atomic mass is 9.83. The first-order valence-electron chi connectivity index (χ1n) is 12.4. The number of carbonyl (C=O) groups is 2. The fourth-order valence-corrected chi connectivity index (χ4v) is 4.00. The highest BCUT2D eigenvalue weighted by Crippen LogP contribution is 2.43. The summed E-state index contributed by atoms with van der Waals surface area (Å²) in [6.07, 6.45) is -0.400. The zero-order valence-corrected chi connectivity index (χ0v) is 21.5. The Balaban J connectivity index is 1.97. The Morgan fingerprint density at radius 3 is 2.46 bits per heavy atom. The number of ether oxygens (including phenoxy) is 3. The van der Waals surface area contributed by atoms with Crippen molar-refractivity contribution >= 4 is 17.8 Å². The van der Waals surface area contributed by atoms with Gasteiger partial charge < -0.3 is 24.6 Å². The number of aliphatic hydroxyl groups excluding tert-OH is 1. The molecular weight excluding hydrogens is 479 g/mol. The topological polar surface area (TPSA) is 106 Å². The van der Waals surface area contributed by atoms with Gasteiger partial charge in [-0.05, 0) is 57.0 Å². The number of amides is 1. The Bertz CT molecular complexity index is 1070. The van der Waals surface area contributed by atoms with Gasteiger partial charge >= 0.3 is 5.97 Å². The smallest absolute Gasteiger partial charge is 0.306 e. The Labute approximate surface area is 216 Å². The first kappa shape index (κ1) is 28.1. The van der Waals surface area contributed by atoms with E-state index in [2.05, 4.69) is 5.32 Å². The van der Waals surface area contributed by atoms with Crippen molar-refractivity contribution in [1.29, 1.82) is 0 Å². The van der Waals surface area contributed by atoms with Crippen molar-refractivity contribution in [2.75, 3.05) is 26.4 Å². The second kappa shape index (κ2) is 12.7. The molecular formula is C28H35FN2O6. The second-order valence-electron chi connectivity index (χ2n) is 9.73. The van der Waals surface area contributed by atoms with Crippen molar-refractivity contribution in [2.24, 2.45) is 4.99 Å². The maximum Gasteiger partial charge on any atom is 0.306 e. The number of hydrogen-bond acceptors (Lipinski definition) is 7. The van der Waals surface area contributed by atoms with Crippen molar-refractivity contribution in [3.8, 4) is 5.75 Å². The summed E-state index contributed by atoms with van der Waals surface area (Å²) in [7, 11) is 0. The summed E-state index contributed by atoms with van der Waals surface area (Å²) in [4.78, 5) is 30.9. The Kier molecular flexibility index (Phi) is 9.63. The molecule has 1 heterocycles. The van der Waals surface area contributed by atoms with Gasteiger partial charge in [-0.25, -0.2) is 9.38 Å². The maximum atomic E-state index is 13.5. The largest absolute Gasteiger partial charge is 0.494 e. The predicted molar refractivity (Wildman–Crippen MR) is 137 cm³/mol. The van der Waals surface area contributed by atoms with Gasteiger partial charge in [0.05, 0.1) is 6.61 Å². The first-order valence-corrected chi connectivity index (χ1v) is 12.4. The minimum absolute atomic E-state index is 0.00540. The molecule has 0 saturated carbocycles. The molecule has 0 aromatic heterocycles. The van der Waals surface area contributed by atoms with Crippen molar-refractivity contribution in [2.45, 2.75) is 57.3 Å². The maximum absolute atomic E-state index is 13.5. The van der Waals surface area contributed by atoms with Crippen LogP contribution in [0.3, 0.4) is 0 Å². The molecule has 37 heavy (non-hydrogen) atoms. The molecule has 0 bridgehead atoms. The molecule has 2 N–H and O–H groups in total. The van der Waals surface area contributed by atoms with E-state index >= 15 is 0 Å². The van der Waals surface area contributed by atoms with Crippen molar-refractivity contribution in [1.82, 2.24) is 5.32 Å². The van der Waals surface area contributed by atoms with Crippen LogP contribution in [0.15, 0.2) is 59.6 Å². The van der Waals surface area contributed by atoms with E-state index in [0.29, 0.717) is 29.9 Å². The van der Waals surface area contributed by atoms with Crippen LogP contribution < -0.4 is 10.1 Å². The average molecular weight is 515 g/mol. The lowest BCUT2D eigenvalue weighted by molar-refractivity contribution is -0.155. The molecule has 200 valence electrons. The highest BCUT2D eigenvalue weighted by atomic mass is 19.1. The van der Waals surface area contributed by atoms with Crippen molar-refractivity contribution in [3.05, 3.63) is 65.7 Å². The number of hydrogen-bond donors (Lipinski definition) is 2. The monoisotopic (exact) mass is 514 g/mol. The quantitative estimate of drug-likeness (QED) is 0.329. The number of alkyl halides is 1. The van der Waals surface area contributed by atoms with Crippen LogP contribution in [0.2, 0.25) is 0 Å². The SMILES string of the molecule is CC(C)(C)OC(=O)CC[C@@]1(C(=O)NCCF)N=C(c2ccc(OCCCO)cc2)O[C@@H]1c1ccccc1. The van der Waals surface area contributed by atoms with E-state index in [1.807, 2.05) is 30.3 Å². The third-order valence-electron chi connectivity index (χ3n) is 5.64. The van der Waals surface area contributed by atoms with Gasteiger partial charge in [0.2, 0.25) is 5.90 Å². The molecule has 9 heteroatoms. The van der Waals surface area contributed by atoms with Gasteiger partial charge in [0.15, 0.2) is 11.6 Å². The lowest BCUT2D eigenvalue weighted by Crippen LogP contribution is -2.49. The van der Waals surface area contributed by atoms with E-state index in [4.69, 9.17) is 24.3 Å². The summed E-state index contributed by atoms with van der Waals surface area (Å²) in [5, 5.41) is 11.5. The number of aliphatic imine (C=N–C) groups is 1. The van der Waals surface area contributed by atoms with Crippen LogP contribution >= 0.6 is 0 Å². The zero-order valence-electron chi connectivity index (χ0n) is 21.5. The molecule has 3 rings (SSSR count). The summed E-state index contributed by atoms with van der Waals surface area (Å²) < 4.78 is 30.3. The molecule has 1 aliphatic rings. The van der Waals surface area contributed by atoms with Gasteiger partial charge in [-0.2, -0.15) is 0 Å². The predicted octanol–water partition coefficient (Wildman–Crippen LogP) is 3.91. The molecule has 0 aliphatic carbocycles. The summed E-state index contributed by atoms with van der Waals surface area (Å²) in [6, 6.07) is 16.2. The fraction of sp³-hybridized carbons (Fsp3) is 0.464. The van der Waals surface area contributed by atoms with Gasteiger partial charge in [0.1, 0.15) is 18.0 Å². The van der Waals surface area contributed by atoms with E-state index < -0.39 is 35.8 Å². The van der Waals surface area contributed by atoms with Gasteiger partial charge in [0.25, 0.3) is 5.91 Å². The number of halogens is 1. The highest BCUT2D eigenvalue weighted by molar-refractivity contribution is 6.01. The van der Waals surface area contributed by atoms with E-state index in [9.17, 15) is 14.0 Å². The molecule has 1 amide bonds. The van der Waals surface area contributed by atoms with Gasteiger partial charge in [-0.1, -0.05) is 30.3 Å². The average Bonchev–Trinajstić information content (AvgIpc) is 3.27. The second-order valence-corrected chi connectivity index (χ2v) is 9.73. The van der Waals surface area contributed by atoms with E-state index in [1.165, 1.54) is 0 Å². The molecule has 1 aliphatic heterocycles. The number of rotatable bonds is 12. The number of nitrogens with zero attached hydrogens (tertiary/aromatic N) is 1. The third kappa shape index (κ3) is 7.52. The molecule has 8 nitrogen and oxygen atoms in total. The van der Waals surface area contributed by atoms with Gasteiger partial charge in [-0.15, -0.1) is 0 Å². The lowest BCUT2D eigenvalue weighted by Gasteiger charge is -2.30.